The van der Waals surface area contributed by atoms with Crippen LogP contribution in [0.25, 0.3) is 0 Å². The summed E-state index contributed by atoms with van der Waals surface area (Å²) >= 11 is 6.34. The van der Waals surface area contributed by atoms with E-state index in [0.29, 0.717) is 5.38 Å². The van der Waals surface area contributed by atoms with Gasteiger partial charge in [0.1, 0.15) is 0 Å². The summed E-state index contributed by atoms with van der Waals surface area (Å²) in [6.45, 7) is 0. The number of aryl methyl sites for hydroxylation is 3. The number of hydrogen-bond acceptors (Lipinski definition) is 0. The normalized spacial score (nSPS) is 20.3. The van der Waals surface area contributed by atoms with Gasteiger partial charge in [0, 0.05) is 5.38 Å². The van der Waals surface area contributed by atoms with Crippen molar-refractivity contribution in [1.29, 1.82) is 0 Å². The molecule has 3 rings (SSSR count). The number of hydrogen-bond donors (Lipinski definition) is 0. The summed E-state index contributed by atoms with van der Waals surface area (Å²) in [6, 6.07) is 7.10. The second-order valence-electron chi connectivity index (χ2n) is 5.70. The van der Waals surface area contributed by atoms with Crippen LogP contribution >= 0.6 is 11.6 Å². The van der Waals surface area contributed by atoms with Gasteiger partial charge in [0.15, 0.2) is 0 Å². The van der Waals surface area contributed by atoms with E-state index >= 15 is 0 Å². The van der Waals surface area contributed by atoms with Crippen LogP contribution in [0.4, 0.5) is 0 Å². The van der Waals surface area contributed by atoms with Crippen LogP contribution in [0, 0.1) is 5.92 Å². The molecule has 1 heteroatoms. The van der Waals surface area contributed by atoms with Crippen molar-refractivity contribution in [3.8, 4) is 0 Å². The predicted octanol–water partition coefficient (Wildman–Crippen LogP) is 4.52. The molecule has 17 heavy (non-hydrogen) atoms. The maximum Gasteiger partial charge on any atom is 0.0364 e. The molecule has 0 aliphatic heterocycles. The van der Waals surface area contributed by atoms with Crippen LogP contribution < -0.4 is 0 Å². The third kappa shape index (κ3) is 2.85. The first kappa shape index (κ1) is 11.6. The predicted molar refractivity (Wildman–Crippen MR) is 73.8 cm³/mol. The second kappa shape index (κ2) is 5.02. The summed E-state index contributed by atoms with van der Waals surface area (Å²) in [6.07, 6.45) is 10.3. The molecular weight excluding hydrogens is 228 g/mol. The van der Waals surface area contributed by atoms with Gasteiger partial charge in [-0.25, -0.2) is 0 Å². The molecular formula is C16H21Cl. The summed E-state index contributed by atoms with van der Waals surface area (Å²) in [7, 11) is 0. The van der Waals surface area contributed by atoms with Crippen molar-refractivity contribution >= 4 is 11.6 Å². The molecule has 1 atom stereocenters. The zero-order valence-electron chi connectivity index (χ0n) is 10.4. The maximum atomic E-state index is 6.34. The minimum atomic E-state index is 0.449. The van der Waals surface area contributed by atoms with E-state index in [0.717, 1.165) is 5.92 Å². The van der Waals surface area contributed by atoms with E-state index in [1.54, 1.807) is 11.1 Å². The molecule has 92 valence electrons. The van der Waals surface area contributed by atoms with E-state index in [1.165, 1.54) is 56.9 Å². The second-order valence-corrected chi connectivity index (χ2v) is 6.26. The summed E-state index contributed by atoms with van der Waals surface area (Å²) < 4.78 is 0. The summed E-state index contributed by atoms with van der Waals surface area (Å²) in [4.78, 5) is 0. The van der Waals surface area contributed by atoms with Crippen molar-refractivity contribution in [3.05, 3.63) is 34.9 Å². The van der Waals surface area contributed by atoms with E-state index in [-0.39, 0.29) is 0 Å². The van der Waals surface area contributed by atoms with E-state index in [4.69, 9.17) is 11.6 Å². The third-order valence-corrected chi connectivity index (χ3v) is 4.82. The molecule has 1 unspecified atom stereocenters. The van der Waals surface area contributed by atoms with Crippen LogP contribution in [-0.2, 0) is 19.3 Å². The molecule has 1 aromatic rings. The Morgan fingerprint density at radius 1 is 1.18 bits per heavy atom. The van der Waals surface area contributed by atoms with Gasteiger partial charge >= 0.3 is 0 Å². The molecule has 0 nitrogen and oxygen atoms in total. The van der Waals surface area contributed by atoms with E-state index < -0.39 is 0 Å². The number of halogens is 1. The molecule has 0 N–H and O–H groups in total. The highest BCUT2D eigenvalue weighted by atomic mass is 35.5. The maximum absolute atomic E-state index is 6.34. The van der Waals surface area contributed by atoms with Crippen molar-refractivity contribution in [2.45, 2.75) is 56.7 Å². The van der Waals surface area contributed by atoms with Gasteiger partial charge in [0.2, 0.25) is 0 Å². The van der Waals surface area contributed by atoms with Crippen LogP contribution in [-0.4, -0.2) is 5.38 Å². The van der Waals surface area contributed by atoms with Gasteiger partial charge in [-0.05, 0) is 74.0 Å². The van der Waals surface area contributed by atoms with Gasteiger partial charge in [-0.3, -0.25) is 0 Å². The molecule has 0 aromatic heterocycles. The lowest BCUT2D eigenvalue weighted by Crippen LogP contribution is -2.01. The van der Waals surface area contributed by atoms with E-state index in [1.807, 2.05) is 0 Å². The number of fused-ring (bicyclic) bond motifs is 1. The van der Waals surface area contributed by atoms with E-state index in [9.17, 15) is 0 Å². The molecule has 0 saturated heterocycles. The average Bonchev–Trinajstić information content (AvgIpc) is 3.08. The average molecular weight is 249 g/mol. The zero-order chi connectivity index (χ0) is 11.7. The van der Waals surface area contributed by atoms with Crippen LogP contribution in [0.5, 0.6) is 0 Å². The molecule has 1 saturated carbocycles. The highest BCUT2D eigenvalue weighted by molar-refractivity contribution is 6.20. The standard InChI is InChI=1S/C16H21Cl/c17-16(14-9-10-14)6-1-3-12-7-8-13-4-2-5-15(13)11-12/h7-8,11,14,16H,1-6,9-10H2. The first-order valence-corrected chi connectivity index (χ1v) is 7.51. The largest absolute Gasteiger partial charge is 0.123 e. The monoisotopic (exact) mass is 248 g/mol. The van der Waals surface area contributed by atoms with Crippen LogP contribution in [0.15, 0.2) is 18.2 Å². The fraction of sp³-hybridized carbons (Fsp3) is 0.625. The lowest BCUT2D eigenvalue weighted by atomic mass is 10.0. The molecule has 0 radical (unpaired) electrons. The fourth-order valence-corrected chi connectivity index (χ4v) is 3.38. The fourth-order valence-electron chi connectivity index (χ4n) is 2.98. The van der Waals surface area contributed by atoms with Crippen LogP contribution in [0.3, 0.4) is 0 Å². The molecule has 0 heterocycles. The molecule has 1 fully saturated rings. The first-order valence-electron chi connectivity index (χ1n) is 7.07. The lowest BCUT2D eigenvalue weighted by Gasteiger charge is -2.08. The van der Waals surface area contributed by atoms with Crippen molar-refractivity contribution in [2.24, 2.45) is 5.92 Å². The Labute approximate surface area is 109 Å². The highest BCUT2D eigenvalue weighted by Crippen LogP contribution is 2.37. The smallest absolute Gasteiger partial charge is 0.0364 e. The highest BCUT2D eigenvalue weighted by Gasteiger charge is 2.28. The van der Waals surface area contributed by atoms with Gasteiger partial charge in [-0.15, -0.1) is 11.6 Å². The Morgan fingerprint density at radius 3 is 2.82 bits per heavy atom. The zero-order valence-corrected chi connectivity index (χ0v) is 11.2. The van der Waals surface area contributed by atoms with Crippen molar-refractivity contribution in [2.75, 3.05) is 0 Å². The molecule has 1 aromatic carbocycles. The SMILES string of the molecule is ClC(CCCc1ccc2c(c1)CCC2)C1CC1. The van der Waals surface area contributed by atoms with Gasteiger partial charge in [0.25, 0.3) is 0 Å². The number of benzene rings is 1. The number of rotatable bonds is 5. The Kier molecular flexibility index (Phi) is 3.42. The van der Waals surface area contributed by atoms with Gasteiger partial charge < -0.3 is 0 Å². The molecule has 0 bridgehead atoms. The Bertz CT molecular complexity index is 393. The Morgan fingerprint density at radius 2 is 2.00 bits per heavy atom. The number of alkyl halides is 1. The quantitative estimate of drug-likeness (QED) is 0.673. The van der Waals surface area contributed by atoms with Crippen LogP contribution in [0.1, 0.15) is 48.8 Å². The summed E-state index contributed by atoms with van der Waals surface area (Å²) in [5, 5.41) is 0.449. The topological polar surface area (TPSA) is 0 Å². The molecule has 0 spiro atoms. The minimum absolute atomic E-state index is 0.449. The molecule has 2 aliphatic carbocycles. The Balaban J connectivity index is 1.51. The van der Waals surface area contributed by atoms with Crippen molar-refractivity contribution in [1.82, 2.24) is 0 Å². The van der Waals surface area contributed by atoms with Crippen molar-refractivity contribution in [3.63, 3.8) is 0 Å². The van der Waals surface area contributed by atoms with Gasteiger partial charge in [-0.1, -0.05) is 18.2 Å². The third-order valence-electron chi connectivity index (χ3n) is 4.24. The Hall–Kier alpha value is -0.490. The van der Waals surface area contributed by atoms with Crippen LogP contribution in [0.2, 0.25) is 0 Å². The first-order chi connectivity index (χ1) is 8.33. The van der Waals surface area contributed by atoms with Gasteiger partial charge in [0.05, 0.1) is 0 Å². The summed E-state index contributed by atoms with van der Waals surface area (Å²) in [5.74, 6) is 0.844. The molecule has 2 aliphatic rings. The lowest BCUT2D eigenvalue weighted by molar-refractivity contribution is 0.637. The summed E-state index contributed by atoms with van der Waals surface area (Å²) in [5.41, 5.74) is 4.71. The minimum Gasteiger partial charge on any atom is -0.123 e. The molecule has 0 amide bonds. The van der Waals surface area contributed by atoms with E-state index in [2.05, 4.69) is 18.2 Å². The van der Waals surface area contributed by atoms with Gasteiger partial charge in [-0.2, -0.15) is 0 Å². The van der Waals surface area contributed by atoms with Crippen molar-refractivity contribution < 1.29 is 0 Å².